The van der Waals surface area contributed by atoms with Crippen molar-refractivity contribution in [2.75, 3.05) is 6.61 Å². The largest absolute Gasteiger partial charge is 0.482 e. The second-order valence-electron chi connectivity index (χ2n) is 4.24. The highest BCUT2D eigenvalue weighted by Crippen LogP contribution is 2.16. The first-order valence-electron chi connectivity index (χ1n) is 6.38. The highest BCUT2D eigenvalue weighted by Gasteiger charge is 2.05. The van der Waals surface area contributed by atoms with Gasteiger partial charge >= 0.3 is 0 Å². The monoisotopic (exact) mass is 297 g/mol. The maximum absolute atomic E-state index is 12.9. The van der Waals surface area contributed by atoms with Gasteiger partial charge in [-0.3, -0.25) is 4.79 Å². The van der Waals surface area contributed by atoms with Crippen LogP contribution in [-0.2, 0) is 4.79 Å². The molecule has 0 aromatic heterocycles. The first-order chi connectivity index (χ1) is 10.7. The van der Waals surface area contributed by atoms with E-state index in [1.807, 2.05) is 6.07 Å². The zero-order chi connectivity index (χ0) is 15.8. The second-order valence-corrected chi connectivity index (χ2v) is 4.24. The lowest BCUT2D eigenvalue weighted by molar-refractivity contribution is -0.123. The Bertz CT molecular complexity index is 738. The first kappa shape index (κ1) is 15.2. The molecule has 0 atom stereocenters. The van der Waals surface area contributed by atoms with Crippen LogP contribution >= 0.6 is 0 Å². The highest BCUT2D eigenvalue weighted by atomic mass is 19.1. The van der Waals surface area contributed by atoms with Crippen LogP contribution in [0.25, 0.3) is 0 Å². The van der Waals surface area contributed by atoms with Gasteiger partial charge in [-0.15, -0.1) is 0 Å². The molecular formula is C16H12FN3O2. The molecule has 2 aromatic rings. The third kappa shape index (κ3) is 4.42. The molecule has 0 heterocycles. The number of carbonyl (C=O) groups excluding carboxylic acids is 1. The van der Waals surface area contributed by atoms with Gasteiger partial charge in [0.2, 0.25) is 0 Å². The van der Waals surface area contributed by atoms with Crippen LogP contribution in [0.2, 0.25) is 0 Å². The number of hydrogen-bond donors (Lipinski definition) is 1. The van der Waals surface area contributed by atoms with Gasteiger partial charge in [0.1, 0.15) is 17.6 Å². The van der Waals surface area contributed by atoms with Crippen molar-refractivity contribution in [3.63, 3.8) is 0 Å². The van der Waals surface area contributed by atoms with Crippen molar-refractivity contribution in [3.8, 4) is 11.8 Å². The standard InChI is InChI=1S/C16H12FN3O2/c17-14-6-3-4-12(8-14)10-19-20-16(21)11-22-15-7-2-1-5-13(15)9-18/h1-8,10H,11H2,(H,20,21)/b19-10-. The number of hydrogen-bond acceptors (Lipinski definition) is 4. The molecule has 0 radical (unpaired) electrons. The van der Waals surface area contributed by atoms with Gasteiger partial charge in [0.15, 0.2) is 6.61 Å². The molecular weight excluding hydrogens is 285 g/mol. The minimum atomic E-state index is -0.486. The van der Waals surface area contributed by atoms with Crippen LogP contribution in [0.3, 0.4) is 0 Å². The van der Waals surface area contributed by atoms with E-state index in [1.165, 1.54) is 18.3 Å². The minimum absolute atomic E-state index is 0.279. The molecule has 1 N–H and O–H groups in total. The average Bonchev–Trinajstić information content (AvgIpc) is 2.53. The summed E-state index contributed by atoms with van der Waals surface area (Å²) in [4.78, 5) is 11.6. The van der Waals surface area contributed by atoms with Crippen LogP contribution in [0.4, 0.5) is 4.39 Å². The van der Waals surface area contributed by atoms with E-state index in [0.717, 1.165) is 0 Å². The van der Waals surface area contributed by atoms with E-state index in [4.69, 9.17) is 10.00 Å². The Kier molecular flexibility index (Phi) is 5.21. The SMILES string of the molecule is N#Cc1ccccc1OCC(=O)N/N=C\c1cccc(F)c1. The van der Waals surface area contributed by atoms with E-state index in [1.54, 1.807) is 36.4 Å². The fraction of sp³-hybridized carbons (Fsp3) is 0.0625. The van der Waals surface area contributed by atoms with E-state index >= 15 is 0 Å². The molecule has 0 unspecified atom stereocenters. The van der Waals surface area contributed by atoms with Gasteiger partial charge in [-0.2, -0.15) is 10.4 Å². The maximum Gasteiger partial charge on any atom is 0.277 e. The topological polar surface area (TPSA) is 74.5 Å². The van der Waals surface area contributed by atoms with Crippen LogP contribution in [0.1, 0.15) is 11.1 Å². The molecule has 0 saturated heterocycles. The molecule has 0 aliphatic carbocycles. The third-order valence-electron chi connectivity index (χ3n) is 2.62. The van der Waals surface area contributed by atoms with Crippen molar-refractivity contribution in [1.82, 2.24) is 5.43 Å². The molecule has 0 aliphatic heterocycles. The molecule has 6 heteroatoms. The number of halogens is 1. The molecule has 0 spiro atoms. The van der Waals surface area contributed by atoms with E-state index in [0.29, 0.717) is 16.9 Å². The molecule has 1 amide bonds. The number of carbonyl (C=O) groups is 1. The van der Waals surface area contributed by atoms with Crippen LogP contribution in [0.5, 0.6) is 5.75 Å². The van der Waals surface area contributed by atoms with E-state index in [2.05, 4.69) is 10.5 Å². The second kappa shape index (κ2) is 7.55. The number of rotatable bonds is 5. The van der Waals surface area contributed by atoms with Gasteiger partial charge in [0, 0.05) is 0 Å². The fourth-order valence-electron chi connectivity index (χ4n) is 1.63. The zero-order valence-electron chi connectivity index (χ0n) is 11.5. The molecule has 110 valence electrons. The Balaban J connectivity index is 1.85. The summed E-state index contributed by atoms with van der Waals surface area (Å²) in [7, 11) is 0. The lowest BCUT2D eigenvalue weighted by Gasteiger charge is -2.06. The Morgan fingerprint density at radius 2 is 2.14 bits per heavy atom. The Morgan fingerprint density at radius 3 is 2.91 bits per heavy atom. The number of nitriles is 1. The van der Waals surface area contributed by atoms with Crippen LogP contribution in [0, 0.1) is 17.1 Å². The Morgan fingerprint density at radius 1 is 1.32 bits per heavy atom. The van der Waals surface area contributed by atoms with Crippen molar-refractivity contribution >= 4 is 12.1 Å². The van der Waals surface area contributed by atoms with Crippen molar-refractivity contribution < 1.29 is 13.9 Å². The molecule has 2 aromatic carbocycles. The number of nitrogens with zero attached hydrogens (tertiary/aromatic N) is 2. The summed E-state index contributed by atoms with van der Waals surface area (Å²) >= 11 is 0. The van der Waals surface area contributed by atoms with Gasteiger partial charge in [-0.05, 0) is 29.8 Å². The third-order valence-corrected chi connectivity index (χ3v) is 2.62. The summed E-state index contributed by atoms with van der Waals surface area (Å²) < 4.78 is 18.2. The molecule has 0 aliphatic rings. The lowest BCUT2D eigenvalue weighted by Crippen LogP contribution is -2.24. The Labute approximate surface area is 126 Å². The summed E-state index contributed by atoms with van der Waals surface area (Å²) in [6, 6.07) is 14.4. The van der Waals surface area contributed by atoms with Gasteiger partial charge < -0.3 is 4.74 Å². The van der Waals surface area contributed by atoms with E-state index in [-0.39, 0.29) is 12.4 Å². The molecule has 0 saturated carbocycles. The van der Waals surface area contributed by atoms with Crippen molar-refractivity contribution in [2.45, 2.75) is 0 Å². The molecule has 22 heavy (non-hydrogen) atoms. The Hall–Kier alpha value is -3.20. The summed E-state index contributed by atoms with van der Waals surface area (Å²) in [6.07, 6.45) is 1.32. The average molecular weight is 297 g/mol. The number of benzene rings is 2. The van der Waals surface area contributed by atoms with Gasteiger partial charge in [-0.1, -0.05) is 24.3 Å². The van der Waals surface area contributed by atoms with Gasteiger partial charge in [0.25, 0.3) is 5.91 Å². The number of hydrazone groups is 1. The molecule has 2 rings (SSSR count). The number of amides is 1. The van der Waals surface area contributed by atoms with Crippen LogP contribution in [-0.4, -0.2) is 18.7 Å². The summed E-state index contributed by atoms with van der Waals surface area (Å²) in [5.41, 5.74) is 3.13. The van der Waals surface area contributed by atoms with E-state index < -0.39 is 5.91 Å². The molecule has 0 fully saturated rings. The van der Waals surface area contributed by atoms with Crippen molar-refractivity contribution in [2.24, 2.45) is 5.10 Å². The number of nitrogens with one attached hydrogen (secondary N) is 1. The first-order valence-corrected chi connectivity index (χ1v) is 6.38. The van der Waals surface area contributed by atoms with Crippen LogP contribution in [0.15, 0.2) is 53.6 Å². The smallest absolute Gasteiger partial charge is 0.277 e. The van der Waals surface area contributed by atoms with Crippen LogP contribution < -0.4 is 10.2 Å². The molecule has 5 nitrogen and oxygen atoms in total. The summed E-state index contributed by atoms with van der Waals surface area (Å²) in [6.45, 7) is -0.279. The predicted octanol–water partition coefficient (Wildman–Crippen LogP) is 2.23. The molecule has 0 bridgehead atoms. The summed E-state index contributed by atoms with van der Waals surface area (Å²) in [5, 5.41) is 12.6. The minimum Gasteiger partial charge on any atom is -0.482 e. The van der Waals surface area contributed by atoms with E-state index in [9.17, 15) is 9.18 Å². The predicted molar refractivity (Wildman–Crippen MR) is 78.8 cm³/mol. The number of para-hydroxylation sites is 1. The van der Waals surface area contributed by atoms with Crippen molar-refractivity contribution in [1.29, 1.82) is 5.26 Å². The quantitative estimate of drug-likeness (QED) is 0.679. The maximum atomic E-state index is 12.9. The van der Waals surface area contributed by atoms with Crippen molar-refractivity contribution in [3.05, 3.63) is 65.5 Å². The van der Waals surface area contributed by atoms with Gasteiger partial charge in [-0.25, -0.2) is 9.82 Å². The van der Waals surface area contributed by atoms with Gasteiger partial charge in [0.05, 0.1) is 11.8 Å². The number of ether oxygens (including phenoxy) is 1. The normalized spacial score (nSPS) is 10.2. The lowest BCUT2D eigenvalue weighted by atomic mass is 10.2. The highest BCUT2D eigenvalue weighted by molar-refractivity contribution is 5.82. The zero-order valence-corrected chi connectivity index (χ0v) is 11.5. The fourth-order valence-corrected chi connectivity index (χ4v) is 1.63. The summed E-state index contributed by atoms with van der Waals surface area (Å²) in [5.74, 6) is -0.540.